The van der Waals surface area contributed by atoms with Crippen LogP contribution < -0.4 is 0 Å². The molecular weight excluding hydrogens is 246 g/mol. The molecule has 0 aliphatic carbocycles. The highest BCUT2D eigenvalue weighted by Crippen LogP contribution is 2.20. The quantitative estimate of drug-likeness (QED) is 0.778. The van der Waals surface area contributed by atoms with E-state index in [-0.39, 0.29) is 5.78 Å². The Hall–Kier alpha value is -1.15. The first-order chi connectivity index (χ1) is 9.47. The average molecular weight is 273 g/mol. The number of Topliss-reactive ketones (excluding diaryl/α,β-unsaturated/α-hetero) is 1. The van der Waals surface area contributed by atoms with Gasteiger partial charge in [-0.2, -0.15) is 0 Å². The molecule has 1 heterocycles. The second-order valence-electron chi connectivity index (χ2n) is 6.51. The summed E-state index contributed by atoms with van der Waals surface area (Å²) in [5, 5.41) is 0. The van der Waals surface area contributed by atoms with E-state index in [1.165, 1.54) is 24.8 Å². The van der Waals surface area contributed by atoms with Crippen molar-refractivity contribution in [1.29, 1.82) is 0 Å². The van der Waals surface area contributed by atoms with Gasteiger partial charge in [-0.3, -0.25) is 9.69 Å². The van der Waals surface area contributed by atoms with E-state index in [4.69, 9.17) is 0 Å². The van der Waals surface area contributed by atoms with Gasteiger partial charge in [0.05, 0.1) is 6.54 Å². The fourth-order valence-electron chi connectivity index (χ4n) is 3.38. The smallest absolute Gasteiger partial charge is 0.177 e. The van der Waals surface area contributed by atoms with Gasteiger partial charge in [-0.15, -0.1) is 0 Å². The molecule has 2 heteroatoms. The molecule has 0 spiro atoms. The Balaban J connectivity index is 2.08. The van der Waals surface area contributed by atoms with Crippen LogP contribution in [0.5, 0.6) is 0 Å². The number of hydrogen-bond donors (Lipinski definition) is 0. The van der Waals surface area contributed by atoms with E-state index in [1.54, 1.807) is 0 Å². The van der Waals surface area contributed by atoms with E-state index >= 15 is 0 Å². The van der Waals surface area contributed by atoms with Crippen LogP contribution in [0.1, 0.15) is 53.2 Å². The maximum atomic E-state index is 12.6. The summed E-state index contributed by atoms with van der Waals surface area (Å²) in [7, 11) is 0. The Bertz CT molecular complexity index is 469. The molecule has 2 rings (SSSR count). The Labute approximate surface area is 123 Å². The van der Waals surface area contributed by atoms with Crippen LogP contribution in [0.4, 0.5) is 0 Å². The van der Waals surface area contributed by atoms with Crippen molar-refractivity contribution < 1.29 is 4.79 Å². The molecule has 20 heavy (non-hydrogen) atoms. The second kappa shape index (κ2) is 6.53. The maximum Gasteiger partial charge on any atom is 0.177 e. The van der Waals surface area contributed by atoms with Gasteiger partial charge in [0.2, 0.25) is 0 Å². The molecule has 1 aromatic carbocycles. The summed E-state index contributed by atoms with van der Waals surface area (Å²) < 4.78 is 0. The molecule has 1 aromatic rings. The molecule has 0 aromatic heterocycles. The molecule has 0 bridgehead atoms. The van der Waals surface area contributed by atoms with Gasteiger partial charge in [-0.05, 0) is 70.2 Å². The Kier molecular flexibility index (Phi) is 4.98. The minimum atomic E-state index is 0.287. The number of benzene rings is 1. The molecule has 1 fully saturated rings. The summed E-state index contributed by atoms with van der Waals surface area (Å²) in [6, 6.07) is 4.23. The number of aryl methyl sites for hydroxylation is 3. The summed E-state index contributed by atoms with van der Waals surface area (Å²) in [5.41, 5.74) is 4.42. The van der Waals surface area contributed by atoms with Gasteiger partial charge >= 0.3 is 0 Å². The fraction of sp³-hybridized carbons (Fsp3) is 0.611. The summed E-state index contributed by atoms with van der Waals surface area (Å²) in [6.07, 6.45) is 3.74. The lowest BCUT2D eigenvalue weighted by atomic mass is 9.96. The van der Waals surface area contributed by atoms with Crippen LogP contribution in [0.3, 0.4) is 0 Å². The predicted molar refractivity (Wildman–Crippen MR) is 84.4 cm³/mol. The summed E-state index contributed by atoms with van der Waals surface area (Å²) >= 11 is 0. The number of hydrogen-bond acceptors (Lipinski definition) is 2. The average Bonchev–Trinajstić information content (AvgIpc) is 2.53. The Morgan fingerprint density at radius 2 is 1.80 bits per heavy atom. The van der Waals surface area contributed by atoms with Gasteiger partial charge in [0, 0.05) is 5.56 Å². The zero-order valence-corrected chi connectivity index (χ0v) is 13.3. The number of nitrogens with zero attached hydrogens (tertiary/aromatic N) is 1. The van der Waals surface area contributed by atoms with Crippen molar-refractivity contribution in [3.8, 4) is 0 Å². The first-order valence-corrected chi connectivity index (χ1v) is 7.80. The zero-order chi connectivity index (χ0) is 14.7. The molecule has 0 saturated carbocycles. The van der Waals surface area contributed by atoms with Gasteiger partial charge in [-0.1, -0.05) is 24.6 Å². The van der Waals surface area contributed by atoms with Crippen LogP contribution in [0.15, 0.2) is 12.1 Å². The van der Waals surface area contributed by atoms with Crippen LogP contribution in [-0.2, 0) is 0 Å². The normalized spacial score (nSPS) is 20.7. The van der Waals surface area contributed by atoms with Crippen molar-refractivity contribution >= 4 is 5.78 Å². The fourth-order valence-corrected chi connectivity index (χ4v) is 3.38. The molecule has 1 aliphatic heterocycles. The predicted octanol–water partition coefficient (Wildman–Crippen LogP) is 3.92. The molecule has 1 atom stereocenters. The van der Waals surface area contributed by atoms with Gasteiger partial charge in [0.25, 0.3) is 0 Å². The molecular formula is C18H27NO. The lowest BCUT2D eigenvalue weighted by Gasteiger charge is -2.20. The van der Waals surface area contributed by atoms with Gasteiger partial charge in [0.1, 0.15) is 0 Å². The van der Waals surface area contributed by atoms with Crippen molar-refractivity contribution in [3.05, 3.63) is 34.4 Å². The third-order valence-electron chi connectivity index (χ3n) is 4.43. The molecule has 1 saturated heterocycles. The number of carbonyl (C=O) groups excluding carboxylic acids is 1. The lowest BCUT2D eigenvalue weighted by Crippen LogP contribution is -2.31. The number of ketones is 1. The number of likely N-dealkylation sites (tertiary alicyclic amines) is 1. The minimum absolute atomic E-state index is 0.287. The van der Waals surface area contributed by atoms with E-state index in [0.29, 0.717) is 6.54 Å². The van der Waals surface area contributed by atoms with Crippen LogP contribution in [0.25, 0.3) is 0 Å². The van der Waals surface area contributed by atoms with Crippen LogP contribution in [-0.4, -0.2) is 30.3 Å². The van der Waals surface area contributed by atoms with E-state index in [2.05, 4.69) is 44.7 Å². The van der Waals surface area contributed by atoms with Gasteiger partial charge in [0.15, 0.2) is 5.78 Å². The first-order valence-electron chi connectivity index (χ1n) is 7.80. The summed E-state index contributed by atoms with van der Waals surface area (Å²) in [4.78, 5) is 15.0. The van der Waals surface area contributed by atoms with Crippen molar-refractivity contribution in [3.63, 3.8) is 0 Å². The van der Waals surface area contributed by atoms with Crippen molar-refractivity contribution in [2.45, 2.75) is 47.0 Å². The van der Waals surface area contributed by atoms with Crippen LogP contribution in [0.2, 0.25) is 0 Å². The van der Waals surface area contributed by atoms with Gasteiger partial charge < -0.3 is 0 Å². The summed E-state index contributed by atoms with van der Waals surface area (Å²) in [6.45, 7) is 11.2. The third-order valence-corrected chi connectivity index (χ3v) is 4.43. The highest BCUT2D eigenvalue weighted by Gasteiger charge is 2.19. The van der Waals surface area contributed by atoms with E-state index in [9.17, 15) is 4.79 Å². The maximum absolute atomic E-state index is 12.6. The van der Waals surface area contributed by atoms with Crippen molar-refractivity contribution in [2.75, 3.05) is 19.6 Å². The highest BCUT2D eigenvalue weighted by molar-refractivity contribution is 6.00. The SMILES string of the molecule is Cc1cc(C)c(C(=O)CN2CCCC(C)CC2)c(C)c1. The van der Waals surface area contributed by atoms with Crippen LogP contribution in [0, 0.1) is 26.7 Å². The standard InChI is InChI=1S/C18H27NO/c1-13-6-5-8-19(9-7-13)12-17(20)18-15(3)10-14(2)11-16(18)4/h10-11,13H,5-9,12H2,1-4H3. The van der Waals surface area contributed by atoms with Gasteiger partial charge in [-0.25, -0.2) is 0 Å². The Morgan fingerprint density at radius 3 is 2.45 bits per heavy atom. The monoisotopic (exact) mass is 273 g/mol. The van der Waals surface area contributed by atoms with E-state index in [0.717, 1.165) is 35.7 Å². The zero-order valence-electron chi connectivity index (χ0n) is 13.3. The molecule has 110 valence electrons. The summed E-state index contributed by atoms with van der Waals surface area (Å²) in [5.74, 6) is 1.09. The minimum Gasteiger partial charge on any atom is -0.296 e. The number of carbonyl (C=O) groups is 1. The topological polar surface area (TPSA) is 20.3 Å². The van der Waals surface area contributed by atoms with Crippen LogP contribution >= 0.6 is 0 Å². The molecule has 1 unspecified atom stereocenters. The molecule has 0 radical (unpaired) electrons. The molecule has 1 aliphatic rings. The molecule has 2 nitrogen and oxygen atoms in total. The highest BCUT2D eigenvalue weighted by atomic mass is 16.1. The largest absolute Gasteiger partial charge is 0.296 e. The second-order valence-corrected chi connectivity index (χ2v) is 6.51. The van der Waals surface area contributed by atoms with E-state index in [1.807, 2.05) is 0 Å². The van der Waals surface area contributed by atoms with E-state index < -0.39 is 0 Å². The lowest BCUT2D eigenvalue weighted by molar-refractivity contribution is 0.0931. The third kappa shape index (κ3) is 3.69. The Morgan fingerprint density at radius 1 is 1.15 bits per heavy atom. The first kappa shape index (κ1) is 15.2. The van der Waals surface area contributed by atoms with Crippen molar-refractivity contribution in [1.82, 2.24) is 4.90 Å². The molecule has 0 amide bonds. The number of rotatable bonds is 3. The molecule has 0 N–H and O–H groups in total. The van der Waals surface area contributed by atoms with Crippen molar-refractivity contribution in [2.24, 2.45) is 5.92 Å².